The van der Waals surface area contributed by atoms with Gasteiger partial charge in [0, 0.05) is 63.0 Å². The van der Waals surface area contributed by atoms with Gasteiger partial charge in [0.25, 0.3) is 0 Å². The zero-order valence-electron chi connectivity index (χ0n) is 18.2. The number of piperazine rings is 1. The second kappa shape index (κ2) is 13.1. The fourth-order valence-corrected chi connectivity index (χ4v) is 4.02. The Morgan fingerprint density at radius 2 is 1.90 bits per heavy atom. The van der Waals surface area contributed by atoms with Crippen LogP contribution in [-0.2, 0) is 19.4 Å². The van der Waals surface area contributed by atoms with Crippen LogP contribution >= 0.6 is 35.3 Å². The van der Waals surface area contributed by atoms with Crippen molar-refractivity contribution in [1.82, 2.24) is 25.5 Å². The van der Waals surface area contributed by atoms with Crippen molar-refractivity contribution in [3.05, 3.63) is 40.0 Å². The Morgan fingerprint density at radius 3 is 2.53 bits per heavy atom. The van der Waals surface area contributed by atoms with Crippen molar-refractivity contribution < 1.29 is 0 Å². The molecular formula is C21H34IN7S. The average Bonchev–Trinajstić information content (AvgIpc) is 3.21. The molecule has 3 rings (SSSR count). The Morgan fingerprint density at radius 1 is 1.10 bits per heavy atom. The number of anilines is 1. The van der Waals surface area contributed by atoms with Crippen LogP contribution in [0.1, 0.15) is 29.3 Å². The molecule has 1 saturated heterocycles. The number of halogens is 1. The highest BCUT2D eigenvalue weighted by Gasteiger charge is 2.14. The van der Waals surface area contributed by atoms with Crippen molar-refractivity contribution in [1.29, 1.82) is 0 Å². The summed E-state index contributed by atoms with van der Waals surface area (Å²) in [6, 6.07) is 4.25. The molecule has 1 fully saturated rings. The summed E-state index contributed by atoms with van der Waals surface area (Å²) in [5.74, 6) is 1.90. The molecule has 9 heteroatoms. The lowest BCUT2D eigenvalue weighted by atomic mass is 10.2. The zero-order chi connectivity index (χ0) is 20.5. The second-order valence-corrected chi connectivity index (χ2v) is 8.46. The molecule has 0 saturated carbocycles. The van der Waals surface area contributed by atoms with Crippen molar-refractivity contribution in [2.45, 2.75) is 33.2 Å². The third-order valence-corrected chi connectivity index (χ3v) is 6.18. The molecule has 3 heterocycles. The molecule has 2 N–H and O–H groups in total. The molecule has 30 heavy (non-hydrogen) atoms. The van der Waals surface area contributed by atoms with E-state index >= 15 is 0 Å². The average molecular weight is 544 g/mol. The number of aromatic nitrogens is 2. The highest BCUT2D eigenvalue weighted by atomic mass is 127. The van der Waals surface area contributed by atoms with Gasteiger partial charge in [-0.1, -0.05) is 13.0 Å². The van der Waals surface area contributed by atoms with E-state index in [-0.39, 0.29) is 24.0 Å². The molecule has 0 aromatic carbocycles. The Labute approximate surface area is 201 Å². The molecule has 2 aromatic rings. The van der Waals surface area contributed by atoms with E-state index in [2.05, 4.69) is 63.4 Å². The maximum Gasteiger partial charge on any atom is 0.191 e. The number of hydrogen-bond acceptors (Lipinski definition) is 6. The maximum absolute atomic E-state index is 4.71. The van der Waals surface area contributed by atoms with Crippen LogP contribution in [0, 0.1) is 0 Å². The first-order valence-electron chi connectivity index (χ1n) is 10.5. The summed E-state index contributed by atoms with van der Waals surface area (Å²) in [6.07, 6.45) is 5.90. The molecule has 0 radical (unpaired) electrons. The van der Waals surface area contributed by atoms with E-state index in [0.717, 1.165) is 69.5 Å². The first-order valence-corrected chi connectivity index (χ1v) is 11.3. The van der Waals surface area contributed by atoms with Crippen molar-refractivity contribution in [3.63, 3.8) is 0 Å². The third-order valence-electron chi connectivity index (χ3n) is 4.98. The molecular weight excluding hydrogens is 509 g/mol. The molecule has 0 atom stereocenters. The highest BCUT2D eigenvalue weighted by Crippen LogP contribution is 2.14. The predicted octanol–water partition coefficient (Wildman–Crippen LogP) is 2.77. The minimum atomic E-state index is 0. The number of rotatable bonds is 8. The van der Waals surface area contributed by atoms with Crippen LogP contribution in [0.4, 0.5) is 5.82 Å². The maximum atomic E-state index is 4.71. The lowest BCUT2D eigenvalue weighted by Gasteiger charge is -2.33. The van der Waals surface area contributed by atoms with Crippen molar-refractivity contribution in [2.24, 2.45) is 4.99 Å². The van der Waals surface area contributed by atoms with Gasteiger partial charge in [0.15, 0.2) is 5.96 Å². The van der Waals surface area contributed by atoms with Crippen LogP contribution in [0.25, 0.3) is 0 Å². The smallest absolute Gasteiger partial charge is 0.191 e. The van der Waals surface area contributed by atoms with Gasteiger partial charge in [-0.05, 0) is 32.0 Å². The van der Waals surface area contributed by atoms with Crippen LogP contribution in [0.2, 0.25) is 0 Å². The molecule has 0 unspecified atom stereocenters. The summed E-state index contributed by atoms with van der Waals surface area (Å²) >= 11 is 1.79. The Hall–Kier alpha value is -1.46. The molecule has 1 aliphatic rings. The molecule has 166 valence electrons. The number of likely N-dealkylation sites (N-methyl/N-ethyl adjacent to an activating group) is 1. The predicted molar refractivity (Wildman–Crippen MR) is 137 cm³/mol. The number of aryl methyl sites for hydroxylation is 1. The van der Waals surface area contributed by atoms with Crippen molar-refractivity contribution in [2.75, 3.05) is 51.2 Å². The first kappa shape index (κ1) is 24.8. The van der Waals surface area contributed by atoms with Gasteiger partial charge >= 0.3 is 0 Å². The van der Waals surface area contributed by atoms with Crippen LogP contribution in [0.5, 0.6) is 0 Å². The van der Waals surface area contributed by atoms with Gasteiger partial charge in [-0.2, -0.15) is 0 Å². The summed E-state index contributed by atoms with van der Waals surface area (Å²) in [7, 11) is 2.17. The van der Waals surface area contributed by atoms with E-state index in [1.807, 2.05) is 12.4 Å². The van der Waals surface area contributed by atoms with Gasteiger partial charge in [-0.3, -0.25) is 0 Å². The van der Waals surface area contributed by atoms with Gasteiger partial charge in [0.2, 0.25) is 0 Å². The normalized spacial score (nSPS) is 15.0. The standard InChI is InChI=1S/C21H33N7S.HI/c1-4-18-16-25-20(29-18)8-9-23-21(22-5-2)26-15-17-6-7-19(24-14-17)28-12-10-27(3)11-13-28;/h6-7,14,16H,4-5,8-13,15H2,1-3H3,(H2,22,23,26);1H. The van der Waals surface area contributed by atoms with Crippen molar-refractivity contribution in [3.8, 4) is 0 Å². The number of pyridine rings is 1. The van der Waals surface area contributed by atoms with E-state index in [1.165, 1.54) is 9.88 Å². The van der Waals surface area contributed by atoms with Gasteiger partial charge in [-0.15, -0.1) is 35.3 Å². The van der Waals surface area contributed by atoms with E-state index < -0.39 is 0 Å². The largest absolute Gasteiger partial charge is 0.357 e. The number of hydrogen-bond donors (Lipinski definition) is 2. The van der Waals surface area contributed by atoms with E-state index in [4.69, 9.17) is 4.99 Å². The van der Waals surface area contributed by atoms with E-state index in [0.29, 0.717) is 6.54 Å². The number of nitrogens with one attached hydrogen (secondary N) is 2. The van der Waals surface area contributed by atoms with Crippen LogP contribution in [0.3, 0.4) is 0 Å². The van der Waals surface area contributed by atoms with Gasteiger partial charge in [0.1, 0.15) is 5.82 Å². The minimum Gasteiger partial charge on any atom is -0.357 e. The summed E-state index contributed by atoms with van der Waals surface area (Å²) in [4.78, 5) is 19.9. The Balaban J connectivity index is 0.00000320. The van der Waals surface area contributed by atoms with Gasteiger partial charge < -0.3 is 20.4 Å². The van der Waals surface area contributed by atoms with E-state index in [1.54, 1.807) is 11.3 Å². The summed E-state index contributed by atoms with van der Waals surface area (Å²) < 4.78 is 0. The summed E-state index contributed by atoms with van der Waals surface area (Å²) in [5.41, 5.74) is 1.12. The van der Waals surface area contributed by atoms with Gasteiger partial charge in [-0.25, -0.2) is 15.0 Å². The first-order chi connectivity index (χ1) is 14.2. The van der Waals surface area contributed by atoms with Crippen LogP contribution in [0.15, 0.2) is 29.5 Å². The topological polar surface area (TPSA) is 68.7 Å². The molecule has 0 spiro atoms. The highest BCUT2D eigenvalue weighted by molar-refractivity contribution is 14.0. The fraction of sp³-hybridized carbons (Fsp3) is 0.571. The van der Waals surface area contributed by atoms with Crippen molar-refractivity contribution >= 4 is 47.1 Å². The Kier molecular flexibility index (Phi) is 10.8. The van der Waals surface area contributed by atoms with Gasteiger partial charge in [0.05, 0.1) is 11.6 Å². The zero-order valence-corrected chi connectivity index (χ0v) is 21.4. The number of aliphatic imine (C=N–C) groups is 1. The quantitative estimate of drug-likeness (QED) is 0.303. The Bertz CT molecular complexity index is 770. The molecule has 0 aliphatic carbocycles. The molecule has 1 aliphatic heterocycles. The summed E-state index contributed by atoms with van der Waals surface area (Å²) in [5, 5.41) is 7.89. The number of guanidine groups is 1. The SMILES string of the molecule is CCNC(=NCc1ccc(N2CCN(C)CC2)nc1)NCCc1ncc(CC)s1.I. The minimum absolute atomic E-state index is 0. The lowest BCUT2D eigenvalue weighted by molar-refractivity contribution is 0.312. The molecule has 0 amide bonds. The second-order valence-electron chi connectivity index (χ2n) is 7.26. The molecule has 2 aromatic heterocycles. The number of thiazole rings is 1. The van der Waals surface area contributed by atoms with E-state index in [9.17, 15) is 0 Å². The summed E-state index contributed by atoms with van der Waals surface area (Å²) in [6.45, 7) is 10.8. The molecule has 7 nitrogen and oxygen atoms in total. The monoisotopic (exact) mass is 543 g/mol. The number of nitrogens with zero attached hydrogens (tertiary/aromatic N) is 5. The van der Waals surface area contributed by atoms with Crippen LogP contribution < -0.4 is 15.5 Å². The third kappa shape index (κ3) is 7.66. The fourth-order valence-electron chi connectivity index (χ4n) is 3.16. The molecule has 0 bridgehead atoms. The van der Waals surface area contributed by atoms with Crippen LogP contribution in [-0.4, -0.2) is 67.1 Å². The lowest BCUT2D eigenvalue weighted by Crippen LogP contribution is -2.44.